The number of carboxylic acid groups (broad SMARTS) is 1. The summed E-state index contributed by atoms with van der Waals surface area (Å²) in [5, 5.41) is 9.92. The summed E-state index contributed by atoms with van der Waals surface area (Å²) in [6, 6.07) is 0. The summed E-state index contributed by atoms with van der Waals surface area (Å²) in [4.78, 5) is 12.0. The molecule has 0 heterocycles. The Morgan fingerprint density at radius 1 is 1.00 bits per heavy atom. The number of carbonyl (C=O) groups is 1. The molecule has 2 nitrogen and oxygen atoms in total. The molecule has 22 heavy (non-hydrogen) atoms. The van der Waals surface area contributed by atoms with Crippen LogP contribution < -0.4 is 0 Å². The molecule has 122 valence electrons. The average Bonchev–Trinajstić information content (AvgIpc) is 2.89. The molecule has 6 aliphatic carbocycles. The largest absolute Gasteiger partial charge is 0.481 e. The van der Waals surface area contributed by atoms with Gasteiger partial charge >= 0.3 is 5.97 Å². The molecule has 1 spiro atoms. The Kier molecular flexibility index (Phi) is 2.27. The van der Waals surface area contributed by atoms with Crippen LogP contribution >= 0.6 is 0 Å². The quantitative estimate of drug-likeness (QED) is 0.760. The van der Waals surface area contributed by atoms with Crippen molar-refractivity contribution in [1.82, 2.24) is 0 Å². The van der Waals surface area contributed by atoms with E-state index in [-0.39, 0.29) is 0 Å². The van der Waals surface area contributed by atoms with Crippen LogP contribution in [0, 0.1) is 45.3 Å². The summed E-state index contributed by atoms with van der Waals surface area (Å²) >= 11 is 0. The lowest BCUT2D eigenvalue weighted by molar-refractivity contribution is -0.187. The van der Waals surface area contributed by atoms with E-state index in [9.17, 15) is 9.90 Å². The van der Waals surface area contributed by atoms with Gasteiger partial charge in [-0.2, -0.15) is 0 Å². The van der Waals surface area contributed by atoms with Crippen LogP contribution in [0.25, 0.3) is 0 Å². The third kappa shape index (κ3) is 1.26. The van der Waals surface area contributed by atoms with Crippen molar-refractivity contribution in [2.45, 2.75) is 72.1 Å². The molecule has 0 aromatic heterocycles. The molecule has 0 unspecified atom stereocenters. The average molecular weight is 302 g/mol. The second-order valence-corrected chi connectivity index (χ2v) is 10.4. The fourth-order valence-corrected chi connectivity index (χ4v) is 8.87. The van der Waals surface area contributed by atoms with Crippen molar-refractivity contribution < 1.29 is 9.90 Å². The molecule has 6 fully saturated rings. The molecule has 0 radical (unpaired) electrons. The van der Waals surface area contributed by atoms with Crippen molar-refractivity contribution in [2.75, 3.05) is 0 Å². The first kappa shape index (κ1) is 13.9. The highest BCUT2D eigenvalue weighted by Crippen LogP contribution is 2.85. The molecule has 6 aliphatic rings. The van der Waals surface area contributed by atoms with Crippen molar-refractivity contribution in [1.29, 1.82) is 0 Å². The Morgan fingerprint density at radius 2 is 1.77 bits per heavy atom. The summed E-state index contributed by atoms with van der Waals surface area (Å²) < 4.78 is 0. The lowest BCUT2D eigenvalue weighted by Gasteiger charge is -2.65. The highest BCUT2D eigenvalue weighted by Gasteiger charge is 2.78. The topological polar surface area (TPSA) is 37.3 Å². The second-order valence-electron chi connectivity index (χ2n) is 10.4. The highest BCUT2D eigenvalue weighted by molar-refractivity contribution is 5.75. The number of carboxylic acids is 1. The summed E-state index contributed by atoms with van der Waals surface area (Å²) in [5.41, 5.74) is 1.10. The lowest BCUT2D eigenvalue weighted by atomic mass is 9.39. The first-order valence-electron chi connectivity index (χ1n) is 9.50. The maximum Gasteiger partial charge on any atom is 0.309 e. The van der Waals surface area contributed by atoms with Crippen molar-refractivity contribution in [3.8, 4) is 0 Å². The van der Waals surface area contributed by atoms with Crippen LogP contribution in [0.4, 0.5) is 0 Å². The van der Waals surface area contributed by atoms with Crippen LogP contribution in [-0.2, 0) is 4.79 Å². The third-order valence-corrected chi connectivity index (χ3v) is 9.85. The Balaban J connectivity index is 1.56. The molecule has 6 rings (SSSR count). The van der Waals surface area contributed by atoms with E-state index in [0.29, 0.717) is 22.2 Å². The van der Waals surface area contributed by atoms with Crippen LogP contribution in [-0.4, -0.2) is 11.1 Å². The zero-order chi connectivity index (χ0) is 15.5. The van der Waals surface area contributed by atoms with Gasteiger partial charge in [-0.3, -0.25) is 4.79 Å². The number of hydrogen-bond acceptors (Lipinski definition) is 1. The second kappa shape index (κ2) is 3.59. The van der Waals surface area contributed by atoms with Crippen LogP contribution in [0.5, 0.6) is 0 Å². The van der Waals surface area contributed by atoms with Gasteiger partial charge in [0.05, 0.1) is 5.41 Å². The summed E-state index contributed by atoms with van der Waals surface area (Å²) in [5.74, 6) is 2.70. The third-order valence-electron chi connectivity index (χ3n) is 9.85. The molecular formula is C20H30O2. The molecule has 4 bridgehead atoms. The van der Waals surface area contributed by atoms with Crippen molar-refractivity contribution in [2.24, 2.45) is 45.3 Å². The molecule has 1 N–H and O–H groups in total. The van der Waals surface area contributed by atoms with Gasteiger partial charge in [0, 0.05) is 0 Å². The molecule has 0 saturated heterocycles. The predicted molar refractivity (Wildman–Crippen MR) is 85.3 cm³/mol. The van der Waals surface area contributed by atoms with Gasteiger partial charge in [-0.1, -0.05) is 20.3 Å². The van der Waals surface area contributed by atoms with E-state index in [1.54, 1.807) is 0 Å². The minimum Gasteiger partial charge on any atom is -0.481 e. The fourth-order valence-electron chi connectivity index (χ4n) is 8.87. The van der Waals surface area contributed by atoms with E-state index in [2.05, 4.69) is 20.8 Å². The highest BCUT2D eigenvalue weighted by atomic mass is 16.4. The number of hydrogen-bond donors (Lipinski definition) is 1. The molecule has 0 aromatic carbocycles. The lowest BCUT2D eigenvalue weighted by Crippen LogP contribution is -2.59. The zero-order valence-electron chi connectivity index (χ0n) is 14.3. The van der Waals surface area contributed by atoms with Crippen molar-refractivity contribution >= 4 is 5.97 Å². The monoisotopic (exact) mass is 302 g/mol. The van der Waals surface area contributed by atoms with Crippen LogP contribution in [0.2, 0.25) is 0 Å². The van der Waals surface area contributed by atoms with Crippen LogP contribution in [0.3, 0.4) is 0 Å². The Bertz CT molecular complexity index is 570. The van der Waals surface area contributed by atoms with Gasteiger partial charge in [0.2, 0.25) is 0 Å². The molecule has 8 atom stereocenters. The van der Waals surface area contributed by atoms with Gasteiger partial charge < -0.3 is 5.11 Å². The smallest absolute Gasteiger partial charge is 0.309 e. The van der Waals surface area contributed by atoms with E-state index in [1.165, 1.54) is 38.5 Å². The fraction of sp³-hybridized carbons (Fsp3) is 0.950. The van der Waals surface area contributed by atoms with E-state index in [0.717, 1.165) is 30.6 Å². The predicted octanol–water partition coefficient (Wildman–Crippen LogP) is 4.73. The molecule has 0 aromatic rings. The molecule has 2 heteroatoms. The van der Waals surface area contributed by atoms with E-state index < -0.39 is 11.4 Å². The maximum atomic E-state index is 12.0. The maximum absolute atomic E-state index is 12.0. The zero-order valence-corrected chi connectivity index (χ0v) is 14.3. The van der Waals surface area contributed by atoms with Gasteiger partial charge in [-0.15, -0.1) is 0 Å². The normalized spacial score (nSPS) is 64.7. The summed E-state index contributed by atoms with van der Waals surface area (Å²) in [7, 11) is 0. The number of fused-ring (bicyclic) bond motifs is 1. The van der Waals surface area contributed by atoms with E-state index in [4.69, 9.17) is 0 Å². The van der Waals surface area contributed by atoms with Gasteiger partial charge in [-0.25, -0.2) is 0 Å². The molecule has 0 aliphatic heterocycles. The summed E-state index contributed by atoms with van der Waals surface area (Å²) in [6.07, 6.45) is 10.1. The molecule has 6 saturated carbocycles. The molecule has 0 amide bonds. The number of rotatable bonds is 1. The number of aliphatic carboxylic acids is 1. The van der Waals surface area contributed by atoms with Gasteiger partial charge in [0.15, 0.2) is 0 Å². The standard InChI is InChI=1S/C20H30O2/c1-17-6-4-7-18(2,16(21)22)14(17)5-8-20-10-13-12(9-15(17)20)19(13,3)11-20/h12-15H,4-11H2,1-3H3,(H,21,22)/t12-,13-,14+,15+,17-,18-,19-,20+/m1/s1. The van der Waals surface area contributed by atoms with Crippen LogP contribution in [0.1, 0.15) is 72.1 Å². The Labute approximate surface area is 134 Å². The Morgan fingerprint density at radius 3 is 2.41 bits per heavy atom. The SMILES string of the molecule is C[C@@]12C[C@@]34CC[C@H]5[C@@](C)(CCC[C@@]5(C)C(=O)O)[C@@H]3C[C@@H]1[C@H]2C4. The van der Waals surface area contributed by atoms with Crippen LogP contribution in [0.15, 0.2) is 0 Å². The van der Waals surface area contributed by atoms with E-state index >= 15 is 0 Å². The first-order chi connectivity index (χ1) is 10.3. The Hall–Kier alpha value is -0.530. The minimum atomic E-state index is -0.530. The van der Waals surface area contributed by atoms with E-state index in [1.807, 2.05) is 0 Å². The van der Waals surface area contributed by atoms with Gasteiger partial charge in [-0.05, 0) is 91.8 Å². The van der Waals surface area contributed by atoms with Crippen molar-refractivity contribution in [3.05, 3.63) is 0 Å². The van der Waals surface area contributed by atoms with Gasteiger partial charge in [0.1, 0.15) is 0 Å². The summed E-state index contributed by atoms with van der Waals surface area (Å²) in [6.45, 7) is 7.09. The molecular weight excluding hydrogens is 272 g/mol. The first-order valence-corrected chi connectivity index (χ1v) is 9.50. The van der Waals surface area contributed by atoms with Gasteiger partial charge in [0.25, 0.3) is 0 Å². The van der Waals surface area contributed by atoms with Crippen molar-refractivity contribution in [3.63, 3.8) is 0 Å². The minimum absolute atomic E-state index is 0.290.